The Balaban J connectivity index is 2.17. The smallest absolute Gasteiger partial charge is 0.142 e. The summed E-state index contributed by atoms with van der Waals surface area (Å²) in [7, 11) is 3.29. The lowest BCUT2D eigenvalue weighted by Crippen LogP contribution is -2.02. The van der Waals surface area contributed by atoms with Gasteiger partial charge >= 0.3 is 0 Å². The number of aromatic nitrogens is 2. The van der Waals surface area contributed by atoms with Crippen LogP contribution in [0.1, 0.15) is 36.5 Å². The van der Waals surface area contributed by atoms with E-state index >= 15 is 0 Å². The highest BCUT2D eigenvalue weighted by atomic mass is 35.5. The van der Waals surface area contributed by atoms with Gasteiger partial charge in [-0.1, -0.05) is 24.6 Å². The maximum absolute atomic E-state index is 14.1. The van der Waals surface area contributed by atoms with Crippen molar-refractivity contribution in [1.29, 1.82) is 0 Å². The predicted molar refractivity (Wildman–Crippen MR) is 110 cm³/mol. The minimum absolute atomic E-state index is 0.0765. The van der Waals surface area contributed by atoms with Crippen molar-refractivity contribution in [2.45, 2.75) is 19.8 Å². The highest BCUT2D eigenvalue weighted by Crippen LogP contribution is 2.40. The van der Waals surface area contributed by atoms with E-state index < -0.39 is 5.82 Å². The number of nitrogens with zero attached hydrogens (tertiary/aromatic N) is 2. The lowest BCUT2D eigenvalue weighted by atomic mass is 9.91. The summed E-state index contributed by atoms with van der Waals surface area (Å²) in [5.41, 5.74) is 4.28. The fourth-order valence-corrected chi connectivity index (χ4v) is 3.60. The number of rotatable bonds is 5. The number of halogens is 2. The average Bonchev–Trinajstić information content (AvgIpc) is 3.10. The van der Waals surface area contributed by atoms with Crippen molar-refractivity contribution in [2.24, 2.45) is 4.99 Å². The number of benzene rings is 1. The maximum atomic E-state index is 14.1. The minimum Gasteiger partial charge on any atom is -0.496 e. The van der Waals surface area contributed by atoms with Gasteiger partial charge in [0.25, 0.3) is 0 Å². The van der Waals surface area contributed by atoms with Gasteiger partial charge in [-0.15, -0.1) is 0 Å². The summed E-state index contributed by atoms with van der Waals surface area (Å²) in [6.45, 7) is 3.93. The third kappa shape index (κ3) is 3.47. The van der Waals surface area contributed by atoms with Gasteiger partial charge < -0.3 is 9.72 Å². The first-order valence-corrected chi connectivity index (χ1v) is 8.97. The van der Waals surface area contributed by atoms with Crippen molar-refractivity contribution in [2.75, 3.05) is 14.2 Å². The molecule has 0 spiro atoms. The molecule has 0 radical (unpaired) electrons. The van der Waals surface area contributed by atoms with Crippen LogP contribution in [-0.2, 0) is 0 Å². The molecule has 0 bridgehead atoms. The van der Waals surface area contributed by atoms with Gasteiger partial charge in [-0.25, -0.2) is 9.37 Å². The summed E-state index contributed by atoms with van der Waals surface area (Å²) in [5.74, 6) is -0.101. The molecule has 4 nitrogen and oxygen atoms in total. The number of hydrogen-bond acceptors (Lipinski definition) is 3. The number of ether oxygens (including phenoxy) is 1. The van der Waals surface area contributed by atoms with E-state index in [2.05, 4.69) is 21.0 Å². The summed E-state index contributed by atoms with van der Waals surface area (Å²) in [5, 5.41) is 1.03. The lowest BCUT2D eigenvalue weighted by molar-refractivity contribution is 0.407. The molecule has 1 atom stereocenters. The number of hydrogen-bond donors (Lipinski definition) is 1. The van der Waals surface area contributed by atoms with Crippen LogP contribution in [0.4, 0.5) is 4.39 Å². The number of aromatic amines is 1. The zero-order valence-corrected chi connectivity index (χ0v) is 16.4. The normalized spacial score (nSPS) is 13.5. The second kappa shape index (κ2) is 7.92. The van der Waals surface area contributed by atoms with Crippen molar-refractivity contribution >= 4 is 34.4 Å². The Hall–Kier alpha value is -2.66. The van der Waals surface area contributed by atoms with Gasteiger partial charge in [-0.3, -0.25) is 4.99 Å². The molecule has 2 aromatic heterocycles. The monoisotopic (exact) mass is 385 g/mol. The van der Waals surface area contributed by atoms with Crippen LogP contribution in [0.5, 0.6) is 5.75 Å². The van der Waals surface area contributed by atoms with Crippen LogP contribution in [0.2, 0.25) is 5.02 Å². The molecule has 0 saturated heterocycles. The number of pyridine rings is 1. The van der Waals surface area contributed by atoms with Crippen molar-refractivity contribution in [3.63, 3.8) is 0 Å². The Bertz CT molecular complexity index is 1040. The molecule has 140 valence electrons. The van der Waals surface area contributed by atoms with Gasteiger partial charge in [-0.2, -0.15) is 0 Å². The summed E-state index contributed by atoms with van der Waals surface area (Å²) < 4.78 is 19.5. The van der Waals surface area contributed by atoms with Crippen LogP contribution < -0.4 is 4.74 Å². The van der Waals surface area contributed by atoms with Crippen molar-refractivity contribution in [3.05, 3.63) is 64.2 Å². The van der Waals surface area contributed by atoms with E-state index in [1.54, 1.807) is 32.6 Å². The molecule has 6 heteroatoms. The highest BCUT2D eigenvalue weighted by Gasteiger charge is 2.23. The van der Waals surface area contributed by atoms with E-state index in [9.17, 15) is 4.39 Å². The van der Waals surface area contributed by atoms with Crippen molar-refractivity contribution in [3.8, 4) is 5.75 Å². The molecule has 1 N–H and O–H groups in total. The average molecular weight is 386 g/mol. The van der Waals surface area contributed by atoms with Gasteiger partial charge in [0.2, 0.25) is 0 Å². The molecule has 1 aromatic carbocycles. The van der Waals surface area contributed by atoms with Gasteiger partial charge in [0.1, 0.15) is 17.2 Å². The van der Waals surface area contributed by atoms with Crippen LogP contribution in [0.25, 0.3) is 16.6 Å². The topological polar surface area (TPSA) is 50.3 Å². The standard InChI is InChI=1S/C21H21ClFN3O/c1-5-13(9-24-3)14-8-15-16(11-26-21(15)25-10-14)12(2)19-18(27-4)7-6-17(23)20(19)22/h5-12H,1-4H3,(H,25,26)/b13-5+,24-9?. The Morgan fingerprint density at radius 2 is 2.19 bits per heavy atom. The van der Waals surface area contributed by atoms with E-state index in [-0.39, 0.29) is 10.9 Å². The molecular formula is C21H21ClFN3O. The van der Waals surface area contributed by atoms with Crippen molar-refractivity contribution < 1.29 is 9.13 Å². The SMILES string of the molecule is C/C=C(\C=NC)c1cnc2[nH]cc(C(C)c3c(OC)ccc(F)c3Cl)c2c1. The van der Waals surface area contributed by atoms with E-state index in [1.165, 1.54) is 6.07 Å². The Labute approximate surface area is 162 Å². The molecular weight excluding hydrogens is 365 g/mol. The van der Waals surface area contributed by atoms with Crippen LogP contribution in [0, 0.1) is 5.82 Å². The van der Waals surface area contributed by atoms with E-state index in [1.807, 2.05) is 26.1 Å². The van der Waals surface area contributed by atoms with Gasteiger partial charge in [0.15, 0.2) is 0 Å². The quantitative estimate of drug-likeness (QED) is 0.579. The summed E-state index contributed by atoms with van der Waals surface area (Å²) in [6, 6.07) is 4.97. The molecule has 2 heterocycles. The van der Waals surface area contributed by atoms with Gasteiger partial charge in [-0.05, 0) is 36.3 Å². The fourth-order valence-electron chi connectivity index (χ4n) is 3.28. The summed E-state index contributed by atoms with van der Waals surface area (Å²) >= 11 is 6.28. The molecule has 3 rings (SSSR count). The molecule has 0 aliphatic heterocycles. The number of aliphatic imine (C=N–C) groups is 1. The largest absolute Gasteiger partial charge is 0.496 e. The Kier molecular flexibility index (Phi) is 5.61. The zero-order valence-electron chi connectivity index (χ0n) is 15.7. The van der Waals surface area contributed by atoms with Crippen LogP contribution in [-0.4, -0.2) is 30.3 Å². The number of allylic oxidation sites excluding steroid dienone is 2. The Morgan fingerprint density at radius 1 is 1.41 bits per heavy atom. The first kappa shape index (κ1) is 19.1. The first-order chi connectivity index (χ1) is 13.0. The minimum atomic E-state index is -0.465. The first-order valence-electron chi connectivity index (χ1n) is 8.59. The molecule has 3 aromatic rings. The molecule has 0 aliphatic carbocycles. The molecule has 0 fully saturated rings. The van der Waals surface area contributed by atoms with Gasteiger partial charge in [0.05, 0.1) is 12.1 Å². The highest BCUT2D eigenvalue weighted by molar-refractivity contribution is 6.31. The van der Waals surface area contributed by atoms with E-state index in [0.717, 1.165) is 27.7 Å². The third-order valence-electron chi connectivity index (χ3n) is 4.69. The summed E-state index contributed by atoms with van der Waals surface area (Å²) in [4.78, 5) is 11.8. The van der Waals surface area contributed by atoms with Crippen LogP contribution >= 0.6 is 11.6 Å². The number of methoxy groups -OCH3 is 1. The second-order valence-corrected chi connectivity index (χ2v) is 6.57. The molecule has 1 unspecified atom stereocenters. The zero-order chi connectivity index (χ0) is 19.6. The predicted octanol–water partition coefficient (Wildman–Crippen LogP) is 5.62. The van der Waals surface area contributed by atoms with E-state index in [0.29, 0.717) is 11.3 Å². The number of nitrogens with one attached hydrogen (secondary N) is 1. The molecule has 0 aliphatic rings. The van der Waals surface area contributed by atoms with Gasteiger partial charge in [0, 0.05) is 48.1 Å². The maximum Gasteiger partial charge on any atom is 0.142 e. The Morgan fingerprint density at radius 3 is 2.85 bits per heavy atom. The molecule has 0 saturated carbocycles. The van der Waals surface area contributed by atoms with Crippen LogP contribution in [0.15, 0.2) is 41.7 Å². The van der Waals surface area contributed by atoms with E-state index in [4.69, 9.17) is 16.3 Å². The lowest BCUT2D eigenvalue weighted by Gasteiger charge is -2.17. The summed E-state index contributed by atoms with van der Waals surface area (Å²) in [6.07, 6.45) is 7.47. The second-order valence-electron chi connectivity index (χ2n) is 6.19. The molecule has 27 heavy (non-hydrogen) atoms. The fraction of sp³-hybridized carbons (Fsp3) is 0.238. The molecule has 0 amide bonds. The van der Waals surface area contributed by atoms with Crippen LogP contribution in [0.3, 0.4) is 0 Å². The third-order valence-corrected chi connectivity index (χ3v) is 5.07. The number of fused-ring (bicyclic) bond motifs is 1. The van der Waals surface area contributed by atoms with Crippen molar-refractivity contribution in [1.82, 2.24) is 9.97 Å². The number of H-pyrrole nitrogens is 1.